The minimum Gasteiger partial charge on any atom is -0.375 e. The summed E-state index contributed by atoms with van der Waals surface area (Å²) in [6.07, 6.45) is 1.37. The predicted octanol–water partition coefficient (Wildman–Crippen LogP) is 3.08. The van der Waals surface area contributed by atoms with Gasteiger partial charge in [0.15, 0.2) is 0 Å². The second kappa shape index (κ2) is 8.63. The highest BCUT2D eigenvalue weighted by Gasteiger charge is 2.26. The maximum Gasteiger partial charge on any atom is 0.227 e. The third-order valence-corrected chi connectivity index (χ3v) is 4.77. The number of methoxy groups -OCH3 is 1. The first-order valence-electron chi connectivity index (χ1n) is 8.90. The molecule has 0 saturated carbocycles. The summed E-state index contributed by atoms with van der Waals surface area (Å²) in [6, 6.07) is 17.6. The molecule has 136 valence electrons. The Morgan fingerprint density at radius 3 is 2.69 bits per heavy atom. The zero-order valence-corrected chi connectivity index (χ0v) is 14.9. The van der Waals surface area contributed by atoms with Crippen LogP contribution in [0.5, 0.6) is 0 Å². The van der Waals surface area contributed by atoms with Crippen molar-refractivity contribution in [3.63, 3.8) is 0 Å². The molecule has 0 saturated heterocycles. The smallest absolute Gasteiger partial charge is 0.227 e. The zero-order chi connectivity index (χ0) is 18.4. The van der Waals surface area contributed by atoms with Crippen LogP contribution in [0, 0.1) is 5.92 Å². The van der Waals surface area contributed by atoms with Gasteiger partial charge in [0.2, 0.25) is 11.8 Å². The molecule has 0 aliphatic carbocycles. The maximum atomic E-state index is 12.2. The van der Waals surface area contributed by atoms with Gasteiger partial charge in [0.05, 0.1) is 6.10 Å². The lowest BCUT2D eigenvalue weighted by Crippen LogP contribution is -2.33. The molecule has 2 amide bonds. The topological polar surface area (TPSA) is 67.4 Å². The number of para-hydroxylation sites is 1. The van der Waals surface area contributed by atoms with Crippen LogP contribution >= 0.6 is 0 Å². The number of anilines is 1. The number of carbonyl (C=O) groups is 2. The largest absolute Gasteiger partial charge is 0.375 e. The lowest BCUT2D eigenvalue weighted by atomic mass is 9.89. The van der Waals surface area contributed by atoms with Crippen molar-refractivity contribution in [2.75, 3.05) is 19.0 Å². The fraction of sp³-hybridized carbons (Fsp3) is 0.333. The molecule has 2 aromatic rings. The van der Waals surface area contributed by atoms with E-state index in [0.29, 0.717) is 25.8 Å². The number of amides is 2. The fourth-order valence-electron chi connectivity index (χ4n) is 3.25. The van der Waals surface area contributed by atoms with E-state index in [0.717, 1.165) is 16.8 Å². The molecule has 0 fully saturated rings. The molecule has 0 radical (unpaired) electrons. The zero-order valence-electron chi connectivity index (χ0n) is 14.9. The molecule has 2 unspecified atom stereocenters. The number of carbonyl (C=O) groups excluding carboxylic acids is 2. The Balaban J connectivity index is 1.48. The lowest BCUT2D eigenvalue weighted by molar-refractivity contribution is -0.123. The predicted molar refractivity (Wildman–Crippen MR) is 101 cm³/mol. The van der Waals surface area contributed by atoms with Gasteiger partial charge in [-0.1, -0.05) is 48.5 Å². The SMILES string of the molecule is COC(CNC(=O)CCC1Cc2ccccc2NC1=O)c1ccccc1. The van der Waals surface area contributed by atoms with Gasteiger partial charge in [0.1, 0.15) is 0 Å². The van der Waals surface area contributed by atoms with E-state index in [1.165, 1.54) is 0 Å². The van der Waals surface area contributed by atoms with Gasteiger partial charge < -0.3 is 15.4 Å². The Morgan fingerprint density at radius 2 is 1.92 bits per heavy atom. The standard InChI is InChI=1S/C21H24N2O3/c1-26-19(15-7-3-2-4-8-15)14-22-20(24)12-11-17-13-16-9-5-6-10-18(16)23-21(17)25/h2-10,17,19H,11-14H2,1H3,(H,22,24)(H,23,25). The third-order valence-electron chi connectivity index (χ3n) is 4.77. The summed E-state index contributed by atoms with van der Waals surface area (Å²) in [5, 5.41) is 5.83. The Kier molecular flexibility index (Phi) is 6.02. The van der Waals surface area contributed by atoms with Crippen LogP contribution < -0.4 is 10.6 Å². The van der Waals surface area contributed by atoms with Crippen molar-refractivity contribution in [2.24, 2.45) is 5.92 Å². The van der Waals surface area contributed by atoms with Crippen LogP contribution in [-0.4, -0.2) is 25.5 Å². The number of benzene rings is 2. The molecule has 0 bridgehead atoms. The first kappa shape index (κ1) is 18.1. The quantitative estimate of drug-likeness (QED) is 0.805. The minimum absolute atomic E-state index is 0.00412. The molecule has 2 atom stereocenters. The van der Waals surface area contributed by atoms with E-state index in [1.807, 2.05) is 54.6 Å². The molecule has 0 aromatic heterocycles. The number of hydrogen-bond acceptors (Lipinski definition) is 3. The van der Waals surface area contributed by atoms with Gasteiger partial charge in [-0.2, -0.15) is 0 Å². The first-order chi connectivity index (χ1) is 12.7. The normalized spacial score (nSPS) is 17.1. The Hall–Kier alpha value is -2.66. The number of hydrogen-bond donors (Lipinski definition) is 2. The number of nitrogens with one attached hydrogen (secondary N) is 2. The molecule has 3 rings (SSSR count). The van der Waals surface area contributed by atoms with Crippen molar-refractivity contribution in [1.29, 1.82) is 0 Å². The second-order valence-electron chi connectivity index (χ2n) is 6.53. The van der Waals surface area contributed by atoms with Gasteiger partial charge in [0.25, 0.3) is 0 Å². The monoisotopic (exact) mass is 352 g/mol. The van der Waals surface area contributed by atoms with Gasteiger partial charge in [0, 0.05) is 31.7 Å². The van der Waals surface area contributed by atoms with Crippen molar-refractivity contribution in [2.45, 2.75) is 25.4 Å². The maximum absolute atomic E-state index is 12.2. The summed E-state index contributed by atoms with van der Waals surface area (Å²) in [4.78, 5) is 24.4. The molecule has 5 heteroatoms. The van der Waals surface area contributed by atoms with Gasteiger partial charge >= 0.3 is 0 Å². The van der Waals surface area contributed by atoms with Crippen LogP contribution in [0.1, 0.15) is 30.1 Å². The average Bonchev–Trinajstić information content (AvgIpc) is 2.67. The Labute approximate surface area is 153 Å². The van der Waals surface area contributed by atoms with Crippen LogP contribution in [-0.2, 0) is 20.7 Å². The molecule has 1 heterocycles. The Morgan fingerprint density at radius 1 is 1.19 bits per heavy atom. The fourth-order valence-corrected chi connectivity index (χ4v) is 3.25. The number of fused-ring (bicyclic) bond motifs is 1. The van der Waals surface area contributed by atoms with Gasteiger partial charge in [-0.3, -0.25) is 9.59 Å². The van der Waals surface area contributed by atoms with Crippen molar-refractivity contribution >= 4 is 17.5 Å². The highest BCUT2D eigenvalue weighted by molar-refractivity contribution is 5.96. The average molecular weight is 352 g/mol. The number of rotatable bonds is 7. The first-order valence-corrected chi connectivity index (χ1v) is 8.90. The molecular weight excluding hydrogens is 328 g/mol. The van der Waals surface area contributed by atoms with Crippen LogP contribution in [0.3, 0.4) is 0 Å². The van der Waals surface area contributed by atoms with Crippen molar-refractivity contribution in [3.05, 3.63) is 65.7 Å². The van der Waals surface area contributed by atoms with Crippen LogP contribution in [0.25, 0.3) is 0 Å². The second-order valence-corrected chi connectivity index (χ2v) is 6.53. The van der Waals surface area contributed by atoms with Gasteiger partial charge in [-0.15, -0.1) is 0 Å². The Bertz CT molecular complexity index is 761. The third kappa shape index (κ3) is 4.49. The minimum atomic E-state index is -0.176. The summed E-state index contributed by atoms with van der Waals surface area (Å²) in [6.45, 7) is 0.416. The summed E-state index contributed by atoms with van der Waals surface area (Å²) < 4.78 is 5.46. The molecule has 2 N–H and O–H groups in total. The summed E-state index contributed by atoms with van der Waals surface area (Å²) in [5.74, 6) is -0.229. The van der Waals surface area contributed by atoms with Crippen LogP contribution in [0.15, 0.2) is 54.6 Å². The molecule has 5 nitrogen and oxygen atoms in total. The van der Waals surface area contributed by atoms with E-state index < -0.39 is 0 Å². The summed E-state index contributed by atoms with van der Waals surface area (Å²) in [5.41, 5.74) is 3.03. The summed E-state index contributed by atoms with van der Waals surface area (Å²) in [7, 11) is 1.63. The van der Waals surface area contributed by atoms with Gasteiger partial charge in [-0.05, 0) is 30.0 Å². The molecule has 2 aromatic carbocycles. The van der Waals surface area contributed by atoms with Crippen molar-refractivity contribution < 1.29 is 14.3 Å². The van der Waals surface area contributed by atoms with Crippen LogP contribution in [0.2, 0.25) is 0 Å². The highest BCUT2D eigenvalue weighted by Crippen LogP contribution is 2.27. The van der Waals surface area contributed by atoms with E-state index in [9.17, 15) is 9.59 Å². The van der Waals surface area contributed by atoms with E-state index >= 15 is 0 Å². The molecule has 26 heavy (non-hydrogen) atoms. The lowest BCUT2D eigenvalue weighted by Gasteiger charge is -2.24. The van der Waals surface area contributed by atoms with E-state index in [1.54, 1.807) is 7.11 Å². The van der Waals surface area contributed by atoms with Crippen LogP contribution in [0.4, 0.5) is 5.69 Å². The highest BCUT2D eigenvalue weighted by atomic mass is 16.5. The van der Waals surface area contributed by atoms with Crippen molar-refractivity contribution in [3.8, 4) is 0 Å². The molecule has 1 aliphatic heterocycles. The molecule has 0 spiro atoms. The molecule has 1 aliphatic rings. The number of ether oxygens (including phenoxy) is 1. The van der Waals surface area contributed by atoms with E-state index in [4.69, 9.17) is 4.74 Å². The van der Waals surface area contributed by atoms with Crippen molar-refractivity contribution in [1.82, 2.24) is 5.32 Å². The van der Waals surface area contributed by atoms with E-state index in [-0.39, 0.29) is 23.8 Å². The summed E-state index contributed by atoms with van der Waals surface area (Å²) >= 11 is 0. The molecular formula is C21H24N2O3. The van der Waals surface area contributed by atoms with Gasteiger partial charge in [-0.25, -0.2) is 0 Å². The van der Waals surface area contributed by atoms with E-state index in [2.05, 4.69) is 10.6 Å².